The average Bonchev–Trinajstić information content (AvgIpc) is 3.07. The zero-order valence-corrected chi connectivity index (χ0v) is 14.9. The van der Waals surface area contributed by atoms with E-state index in [0.29, 0.717) is 23.7 Å². The fourth-order valence-electron chi connectivity index (χ4n) is 2.70. The van der Waals surface area contributed by atoms with Crippen LogP contribution in [0.25, 0.3) is 0 Å². The summed E-state index contributed by atoms with van der Waals surface area (Å²) in [5, 5.41) is 5.22. The highest BCUT2D eigenvalue weighted by molar-refractivity contribution is 6.39. The molecule has 25 heavy (non-hydrogen) atoms. The van der Waals surface area contributed by atoms with E-state index in [1.807, 2.05) is 0 Å². The molecule has 0 aromatic heterocycles. The predicted octanol–water partition coefficient (Wildman–Crippen LogP) is 3.61. The van der Waals surface area contributed by atoms with Crippen molar-refractivity contribution in [2.45, 2.75) is 58.3 Å². The Bertz CT molecular complexity index is 575. The van der Waals surface area contributed by atoms with Gasteiger partial charge in [-0.3, -0.25) is 9.59 Å². The van der Waals surface area contributed by atoms with E-state index in [-0.39, 0.29) is 6.79 Å². The molecule has 0 fully saturated rings. The third-order valence-electron chi connectivity index (χ3n) is 4.15. The number of benzene rings is 1. The molecule has 138 valence electrons. The van der Waals surface area contributed by atoms with E-state index >= 15 is 0 Å². The van der Waals surface area contributed by atoms with E-state index < -0.39 is 11.8 Å². The molecule has 0 aliphatic carbocycles. The van der Waals surface area contributed by atoms with E-state index in [4.69, 9.17) is 9.47 Å². The summed E-state index contributed by atoms with van der Waals surface area (Å²) >= 11 is 0. The van der Waals surface area contributed by atoms with Gasteiger partial charge in [-0.25, -0.2) is 0 Å². The van der Waals surface area contributed by atoms with Gasteiger partial charge >= 0.3 is 11.8 Å². The highest BCUT2D eigenvalue weighted by atomic mass is 16.7. The van der Waals surface area contributed by atoms with Gasteiger partial charge in [0.2, 0.25) is 6.79 Å². The number of fused-ring (bicyclic) bond motifs is 1. The van der Waals surface area contributed by atoms with Gasteiger partial charge in [-0.05, 0) is 18.6 Å². The van der Waals surface area contributed by atoms with Crippen LogP contribution >= 0.6 is 0 Å². The van der Waals surface area contributed by atoms with Gasteiger partial charge in [0.15, 0.2) is 11.5 Å². The minimum atomic E-state index is -0.668. The molecular formula is C19H28N2O4. The molecule has 2 rings (SSSR count). The zero-order valence-electron chi connectivity index (χ0n) is 14.9. The van der Waals surface area contributed by atoms with Crippen molar-refractivity contribution in [1.82, 2.24) is 5.32 Å². The number of rotatable bonds is 10. The monoisotopic (exact) mass is 348 g/mol. The first kappa shape index (κ1) is 19.1. The highest BCUT2D eigenvalue weighted by Crippen LogP contribution is 2.34. The van der Waals surface area contributed by atoms with Crippen molar-refractivity contribution < 1.29 is 19.1 Å². The second-order valence-electron chi connectivity index (χ2n) is 6.25. The standard InChI is InChI=1S/C19H28N2O4/c1-2-3-4-5-6-7-8-9-12-20-18(22)19(23)21-15-10-11-16-17(13-15)25-14-24-16/h10-11,13H,2-9,12,14H2,1H3,(H,20,22)(H,21,23). The van der Waals surface area contributed by atoms with Crippen molar-refractivity contribution >= 4 is 17.5 Å². The summed E-state index contributed by atoms with van der Waals surface area (Å²) < 4.78 is 10.4. The van der Waals surface area contributed by atoms with E-state index in [1.54, 1.807) is 18.2 Å². The van der Waals surface area contributed by atoms with E-state index in [2.05, 4.69) is 17.6 Å². The summed E-state index contributed by atoms with van der Waals surface area (Å²) in [5.74, 6) is -0.0756. The lowest BCUT2D eigenvalue weighted by Gasteiger charge is -2.07. The molecule has 0 radical (unpaired) electrons. The third-order valence-corrected chi connectivity index (χ3v) is 4.15. The fourth-order valence-corrected chi connectivity index (χ4v) is 2.70. The number of hydrogen-bond acceptors (Lipinski definition) is 4. The van der Waals surface area contributed by atoms with Gasteiger partial charge in [-0.15, -0.1) is 0 Å². The van der Waals surface area contributed by atoms with Crippen molar-refractivity contribution in [2.24, 2.45) is 0 Å². The Labute approximate surface area is 149 Å². The second-order valence-corrected chi connectivity index (χ2v) is 6.25. The maximum Gasteiger partial charge on any atom is 0.313 e. The van der Waals surface area contributed by atoms with E-state index in [0.717, 1.165) is 12.8 Å². The molecule has 0 unspecified atom stereocenters. The molecule has 1 aromatic carbocycles. The smallest absolute Gasteiger partial charge is 0.313 e. The molecule has 2 N–H and O–H groups in total. The number of amides is 2. The van der Waals surface area contributed by atoms with Crippen molar-refractivity contribution in [1.29, 1.82) is 0 Å². The Balaban J connectivity index is 1.57. The lowest BCUT2D eigenvalue weighted by molar-refractivity contribution is -0.136. The van der Waals surface area contributed by atoms with Crippen LogP contribution in [0.1, 0.15) is 58.3 Å². The molecule has 6 nitrogen and oxygen atoms in total. The number of unbranched alkanes of at least 4 members (excludes halogenated alkanes) is 7. The zero-order chi connectivity index (χ0) is 17.9. The van der Waals surface area contributed by atoms with E-state index in [1.165, 1.54) is 38.5 Å². The first-order valence-corrected chi connectivity index (χ1v) is 9.19. The van der Waals surface area contributed by atoms with Crippen LogP contribution in [0.3, 0.4) is 0 Å². The molecule has 0 atom stereocenters. The van der Waals surface area contributed by atoms with Gasteiger partial charge in [0.05, 0.1) is 0 Å². The number of ether oxygens (including phenoxy) is 2. The largest absolute Gasteiger partial charge is 0.454 e. The molecular weight excluding hydrogens is 320 g/mol. The van der Waals surface area contributed by atoms with Crippen molar-refractivity contribution in [3.63, 3.8) is 0 Å². The fraction of sp³-hybridized carbons (Fsp3) is 0.579. The quantitative estimate of drug-likeness (QED) is 0.500. The molecule has 1 aromatic rings. The number of carbonyl (C=O) groups is 2. The Hall–Kier alpha value is -2.24. The first-order chi connectivity index (χ1) is 12.2. The summed E-state index contributed by atoms with van der Waals surface area (Å²) in [4.78, 5) is 23.7. The van der Waals surface area contributed by atoms with E-state index in [9.17, 15) is 9.59 Å². The van der Waals surface area contributed by atoms with Crippen molar-refractivity contribution in [2.75, 3.05) is 18.7 Å². The molecule has 6 heteroatoms. The first-order valence-electron chi connectivity index (χ1n) is 9.19. The van der Waals surface area contributed by atoms with Crippen molar-refractivity contribution in [3.8, 4) is 11.5 Å². The number of nitrogens with one attached hydrogen (secondary N) is 2. The van der Waals surface area contributed by atoms with Crippen LogP contribution in [-0.2, 0) is 9.59 Å². The minimum absolute atomic E-state index is 0.172. The maximum atomic E-state index is 11.9. The number of anilines is 1. The Kier molecular flexibility index (Phi) is 8.09. The molecule has 2 amide bonds. The van der Waals surface area contributed by atoms with Gasteiger partial charge in [-0.2, -0.15) is 0 Å². The minimum Gasteiger partial charge on any atom is -0.454 e. The van der Waals surface area contributed by atoms with Gasteiger partial charge in [0.1, 0.15) is 0 Å². The summed E-state index contributed by atoms with van der Waals surface area (Å²) in [6, 6.07) is 5.03. The van der Waals surface area contributed by atoms with Crippen molar-refractivity contribution in [3.05, 3.63) is 18.2 Å². The average molecular weight is 348 g/mol. The Morgan fingerprint density at radius 3 is 2.36 bits per heavy atom. The summed E-state index contributed by atoms with van der Waals surface area (Å²) in [6.07, 6.45) is 9.59. The van der Waals surface area contributed by atoms with Crippen LogP contribution in [0.5, 0.6) is 11.5 Å². The van der Waals surface area contributed by atoms with Crippen LogP contribution in [0.2, 0.25) is 0 Å². The molecule has 0 spiro atoms. The second kappa shape index (κ2) is 10.6. The SMILES string of the molecule is CCCCCCCCCCNC(=O)C(=O)Nc1ccc2c(c1)OCO2. The predicted molar refractivity (Wildman–Crippen MR) is 96.8 cm³/mol. The summed E-state index contributed by atoms with van der Waals surface area (Å²) in [7, 11) is 0. The Morgan fingerprint density at radius 1 is 0.920 bits per heavy atom. The molecule has 1 aliphatic rings. The summed E-state index contributed by atoms with van der Waals surface area (Å²) in [6.45, 7) is 2.92. The molecule has 0 saturated carbocycles. The van der Waals surface area contributed by atoms with Crippen LogP contribution < -0.4 is 20.1 Å². The topological polar surface area (TPSA) is 76.7 Å². The van der Waals surface area contributed by atoms with Crippen LogP contribution in [0, 0.1) is 0 Å². The highest BCUT2D eigenvalue weighted by Gasteiger charge is 2.17. The number of hydrogen-bond donors (Lipinski definition) is 2. The maximum absolute atomic E-state index is 11.9. The lowest BCUT2D eigenvalue weighted by Crippen LogP contribution is -2.35. The normalized spacial score (nSPS) is 12.0. The van der Waals surface area contributed by atoms with Crippen LogP contribution in [0.15, 0.2) is 18.2 Å². The van der Waals surface area contributed by atoms with Gasteiger partial charge < -0.3 is 20.1 Å². The Morgan fingerprint density at radius 2 is 1.60 bits per heavy atom. The third kappa shape index (κ3) is 6.64. The van der Waals surface area contributed by atoms with Gasteiger partial charge in [-0.1, -0.05) is 51.9 Å². The summed E-state index contributed by atoms with van der Waals surface area (Å²) in [5.41, 5.74) is 0.511. The molecule has 1 heterocycles. The molecule has 0 saturated heterocycles. The number of carbonyl (C=O) groups excluding carboxylic acids is 2. The molecule has 1 aliphatic heterocycles. The molecule has 0 bridgehead atoms. The lowest BCUT2D eigenvalue weighted by atomic mass is 10.1. The van der Waals surface area contributed by atoms with Gasteiger partial charge in [0.25, 0.3) is 0 Å². The van der Waals surface area contributed by atoms with Crippen LogP contribution in [-0.4, -0.2) is 25.2 Å². The van der Waals surface area contributed by atoms with Crippen LogP contribution in [0.4, 0.5) is 5.69 Å². The van der Waals surface area contributed by atoms with Gasteiger partial charge in [0, 0.05) is 18.3 Å².